The quantitative estimate of drug-likeness (QED) is 0.426. The Kier molecular flexibility index (Phi) is 7.29. The van der Waals surface area contributed by atoms with E-state index in [-0.39, 0.29) is 36.2 Å². The van der Waals surface area contributed by atoms with E-state index in [1.807, 2.05) is 17.9 Å². The van der Waals surface area contributed by atoms with Crippen LogP contribution in [0.25, 0.3) is 11.4 Å². The van der Waals surface area contributed by atoms with E-state index in [0.717, 1.165) is 17.7 Å². The smallest absolute Gasteiger partial charge is 0.377 e. The maximum absolute atomic E-state index is 14.6. The second-order valence-corrected chi connectivity index (χ2v) is 10.9. The first-order chi connectivity index (χ1) is 20.0. The molecule has 1 amide bonds. The first-order valence-corrected chi connectivity index (χ1v) is 14.0. The van der Waals surface area contributed by atoms with Crippen molar-refractivity contribution in [2.24, 2.45) is 0 Å². The molecule has 0 saturated carbocycles. The molecular formula is C28H31F4N7O3. The normalized spacial score (nSPS) is 22.5. The molecule has 3 aromatic rings. The Morgan fingerprint density at radius 2 is 2.07 bits per heavy atom. The highest BCUT2D eigenvalue weighted by Gasteiger charge is 2.41. The fourth-order valence-corrected chi connectivity index (χ4v) is 6.08. The van der Waals surface area contributed by atoms with Gasteiger partial charge in [-0.1, -0.05) is 13.0 Å². The lowest BCUT2D eigenvalue weighted by atomic mass is 10.1. The Labute approximate surface area is 238 Å². The van der Waals surface area contributed by atoms with E-state index in [2.05, 4.69) is 20.7 Å². The molecule has 2 saturated heterocycles. The number of hydrogen-bond donors (Lipinski definition) is 2. The van der Waals surface area contributed by atoms with Gasteiger partial charge in [-0.25, -0.2) is 4.39 Å². The molecule has 10 nitrogen and oxygen atoms in total. The number of anilines is 2. The zero-order valence-corrected chi connectivity index (χ0v) is 23.2. The van der Waals surface area contributed by atoms with Crippen molar-refractivity contribution < 1.29 is 27.1 Å². The van der Waals surface area contributed by atoms with Crippen molar-refractivity contribution in [3.63, 3.8) is 0 Å². The van der Waals surface area contributed by atoms with Crippen molar-refractivity contribution in [2.45, 2.75) is 64.1 Å². The van der Waals surface area contributed by atoms with E-state index >= 15 is 0 Å². The number of nitrogens with zero attached hydrogens (tertiary/aromatic N) is 5. The Morgan fingerprint density at radius 3 is 2.74 bits per heavy atom. The number of carbonyl (C=O) groups is 1. The molecule has 42 heavy (non-hydrogen) atoms. The number of aromatic nitrogens is 4. The summed E-state index contributed by atoms with van der Waals surface area (Å²) in [5.41, 5.74) is 0.992. The van der Waals surface area contributed by atoms with Gasteiger partial charge in [0.05, 0.1) is 30.5 Å². The van der Waals surface area contributed by atoms with Crippen LogP contribution in [0.4, 0.5) is 28.9 Å². The van der Waals surface area contributed by atoms with Gasteiger partial charge in [-0.05, 0) is 55.5 Å². The molecule has 3 aliphatic heterocycles. The lowest BCUT2D eigenvalue weighted by Gasteiger charge is -2.35. The molecule has 14 heteroatoms. The van der Waals surface area contributed by atoms with Crippen molar-refractivity contribution in [3.8, 4) is 0 Å². The molecule has 224 valence electrons. The van der Waals surface area contributed by atoms with Crippen LogP contribution < -0.4 is 21.1 Å². The van der Waals surface area contributed by atoms with E-state index in [0.29, 0.717) is 56.2 Å². The molecule has 3 unspecified atom stereocenters. The minimum absolute atomic E-state index is 0.114. The number of ether oxygens (including phenoxy) is 1. The summed E-state index contributed by atoms with van der Waals surface area (Å²) in [6, 6.07) is 2.59. The van der Waals surface area contributed by atoms with Crippen molar-refractivity contribution in [1.82, 2.24) is 24.5 Å². The van der Waals surface area contributed by atoms with Crippen molar-refractivity contribution in [3.05, 3.63) is 57.3 Å². The number of amides is 1. The summed E-state index contributed by atoms with van der Waals surface area (Å²) in [6.07, 6.45) is -2.39. The fourth-order valence-electron chi connectivity index (χ4n) is 6.08. The largest absolute Gasteiger partial charge is 0.416 e. The molecule has 0 aliphatic carbocycles. The van der Waals surface area contributed by atoms with Crippen molar-refractivity contribution >= 4 is 28.6 Å². The van der Waals surface area contributed by atoms with Gasteiger partial charge in [0, 0.05) is 24.8 Å². The van der Waals surface area contributed by atoms with Crippen LogP contribution in [-0.4, -0.2) is 69.6 Å². The lowest BCUT2D eigenvalue weighted by Crippen LogP contribution is -2.54. The first-order valence-electron chi connectivity index (χ1n) is 14.0. The second-order valence-electron chi connectivity index (χ2n) is 10.9. The summed E-state index contributed by atoms with van der Waals surface area (Å²) in [5.74, 6) is 0.0124. The Balaban J connectivity index is 1.42. The summed E-state index contributed by atoms with van der Waals surface area (Å²) in [6.45, 7) is 4.66. The third-order valence-corrected chi connectivity index (χ3v) is 8.11. The van der Waals surface area contributed by atoms with Crippen LogP contribution in [0.1, 0.15) is 42.4 Å². The summed E-state index contributed by atoms with van der Waals surface area (Å²) >= 11 is 0. The molecule has 2 aromatic heterocycles. The molecule has 5 heterocycles. The number of piperazine rings is 1. The highest BCUT2D eigenvalue weighted by atomic mass is 19.4. The molecule has 1 aromatic carbocycles. The predicted molar refractivity (Wildman–Crippen MR) is 147 cm³/mol. The molecule has 3 atom stereocenters. The van der Waals surface area contributed by atoms with Gasteiger partial charge in [0.1, 0.15) is 18.4 Å². The third-order valence-electron chi connectivity index (χ3n) is 8.11. The molecular weight excluding hydrogens is 558 g/mol. The molecule has 0 radical (unpaired) electrons. The topological polar surface area (TPSA) is 106 Å². The first kappa shape index (κ1) is 28.3. The van der Waals surface area contributed by atoms with Gasteiger partial charge < -0.3 is 24.8 Å². The number of carbonyl (C=O) groups excluding carboxylic acids is 1. The number of benzene rings is 1. The average molecular weight is 590 g/mol. The predicted octanol–water partition coefficient (Wildman–Crippen LogP) is 3.11. The SMILES string of the molecule is CCc1c(N2CC3CC(F)C(C2)N3)c(=O)n2nc(C3=CCOCC3)nc2n1CC(=O)Nc1ccc(C(F)(F)F)cc1C. The highest BCUT2D eigenvalue weighted by molar-refractivity contribution is 5.91. The van der Waals surface area contributed by atoms with Crippen molar-refractivity contribution in [1.29, 1.82) is 0 Å². The molecule has 6 rings (SSSR count). The third kappa shape index (κ3) is 5.17. The number of aryl methyl sites for hydroxylation is 1. The lowest BCUT2D eigenvalue weighted by molar-refractivity contribution is -0.137. The van der Waals surface area contributed by atoms with Crippen LogP contribution in [0, 0.1) is 6.92 Å². The van der Waals surface area contributed by atoms with E-state index in [9.17, 15) is 27.2 Å². The van der Waals surface area contributed by atoms with Gasteiger partial charge in [-0.15, -0.1) is 5.10 Å². The second kappa shape index (κ2) is 10.8. The van der Waals surface area contributed by atoms with Gasteiger partial charge in [0.15, 0.2) is 5.82 Å². The Bertz CT molecular complexity index is 1630. The molecule has 3 aliphatic rings. The van der Waals surface area contributed by atoms with Gasteiger partial charge in [0.2, 0.25) is 11.7 Å². The van der Waals surface area contributed by atoms with Crippen LogP contribution in [0.15, 0.2) is 29.1 Å². The summed E-state index contributed by atoms with van der Waals surface area (Å²) in [4.78, 5) is 33.9. The number of fused-ring (bicyclic) bond motifs is 3. The van der Waals surface area contributed by atoms with Gasteiger partial charge >= 0.3 is 6.18 Å². The highest BCUT2D eigenvalue weighted by Crippen LogP contribution is 2.32. The Morgan fingerprint density at radius 1 is 1.26 bits per heavy atom. The fraction of sp³-hybridized carbons (Fsp3) is 0.500. The number of rotatable bonds is 6. The van der Waals surface area contributed by atoms with Gasteiger partial charge in [0.25, 0.3) is 5.56 Å². The molecule has 2 N–H and O–H groups in total. The van der Waals surface area contributed by atoms with Crippen molar-refractivity contribution in [2.75, 3.05) is 36.5 Å². The molecule has 2 bridgehead atoms. The number of hydrogen-bond acceptors (Lipinski definition) is 7. The van der Waals surface area contributed by atoms with Gasteiger partial charge in [-0.2, -0.15) is 22.7 Å². The minimum Gasteiger partial charge on any atom is -0.377 e. The minimum atomic E-state index is -4.50. The van der Waals surface area contributed by atoms with E-state index in [1.165, 1.54) is 17.5 Å². The van der Waals surface area contributed by atoms with Gasteiger partial charge in [-0.3, -0.25) is 9.59 Å². The summed E-state index contributed by atoms with van der Waals surface area (Å²) in [5, 5.41) is 10.5. The summed E-state index contributed by atoms with van der Waals surface area (Å²) in [7, 11) is 0. The van der Waals surface area contributed by atoms with Crippen LogP contribution in [0.5, 0.6) is 0 Å². The van der Waals surface area contributed by atoms with E-state index in [1.54, 1.807) is 4.57 Å². The van der Waals surface area contributed by atoms with Crippen LogP contribution in [-0.2, 0) is 28.7 Å². The molecule has 0 spiro atoms. The van der Waals surface area contributed by atoms with E-state index in [4.69, 9.17) is 4.74 Å². The maximum Gasteiger partial charge on any atom is 0.416 e. The van der Waals surface area contributed by atoms with Crippen LogP contribution in [0.3, 0.4) is 0 Å². The number of alkyl halides is 4. The standard InChI is InChI=1S/C28H31F4N7O3/c1-3-22-24(37-12-18-11-19(29)21(13-37)33-18)26(41)39-27(35-25(36-39)16-6-8-42-9-7-16)38(22)14-23(40)34-20-5-4-17(10-15(20)2)28(30,31)32/h4-6,10,18-19,21,33H,3,7-9,11-14H2,1-2H3,(H,34,40). The Hall–Kier alpha value is -3.78. The average Bonchev–Trinajstić information content (AvgIpc) is 3.51. The summed E-state index contributed by atoms with van der Waals surface area (Å²) < 4.78 is 62.2. The van der Waals surface area contributed by atoms with E-state index < -0.39 is 35.4 Å². The zero-order chi connectivity index (χ0) is 29.8. The van der Waals surface area contributed by atoms with Crippen LogP contribution in [0.2, 0.25) is 0 Å². The zero-order valence-electron chi connectivity index (χ0n) is 23.2. The number of halogens is 4. The van der Waals surface area contributed by atoms with Crippen LogP contribution >= 0.6 is 0 Å². The monoisotopic (exact) mass is 589 g/mol. The molecule has 2 fully saturated rings. The number of nitrogens with one attached hydrogen (secondary N) is 2. The maximum atomic E-state index is 14.6.